The van der Waals surface area contributed by atoms with Crippen molar-refractivity contribution < 1.29 is 23.1 Å². The van der Waals surface area contributed by atoms with E-state index in [0.29, 0.717) is 28.7 Å². The smallest absolute Gasteiger partial charge is 0.355 e. The molecule has 2 aromatic carbocycles. The van der Waals surface area contributed by atoms with Gasteiger partial charge in [-0.3, -0.25) is 0 Å². The number of rotatable bonds is 9. The van der Waals surface area contributed by atoms with Crippen LogP contribution < -0.4 is 5.14 Å². The van der Waals surface area contributed by atoms with E-state index in [1.165, 1.54) is 28.8 Å². The Morgan fingerprint density at radius 2 is 1.97 bits per heavy atom. The van der Waals surface area contributed by atoms with Gasteiger partial charge in [-0.1, -0.05) is 17.7 Å². The summed E-state index contributed by atoms with van der Waals surface area (Å²) in [5.41, 5.74) is 4.62. The summed E-state index contributed by atoms with van der Waals surface area (Å²) in [7, 11) is -3.73. The Kier molecular flexibility index (Phi) is 6.67. The molecule has 2 heterocycles. The molecule has 2 fully saturated rings. The Bertz CT molecular complexity index is 1660. The Balaban J connectivity index is 1.52. The highest BCUT2D eigenvalue weighted by atomic mass is 35.5. The molecule has 12 heteroatoms. The number of aromatic nitrogens is 3. The molecule has 39 heavy (non-hydrogen) atoms. The second-order valence-electron chi connectivity index (χ2n) is 10.2. The normalized spacial score (nSPS) is 16.8. The van der Waals surface area contributed by atoms with Gasteiger partial charge in [0.15, 0.2) is 5.69 Å². The highest BCUT2D eigenvalue weighted by molar-refractivity contribution is 7.95. The van der Waals surface area contributed by atoms with E-state index in [2.05, 4.69) is 4.98 Å². The highest BCUT2D eigenvalue weighted by Gasteiger charge is 2.32. The zero-order valence-electron chi connectivity index (χ0n) is 20.6. The maximum Gasteiger partial charge on any atom is 0.355 e. The summed E-state index contributed by atoms with van der Waals surface area (Å²) >= 11 is 7.54. The second kappa shape index (κ2) is 9.90. The van der Waals surface area contributed by atoms with E-state index in [9.17, 15) is 23.1 Å². The van der Waals surface area contributed by atoms with E-state index in [-0.39, 0.29) is 27.3 Å². The van der Waals surface area contributed by atoms with E-state index in [1.807, 2.05) is 6.07 Å². The predicted octanol–water partition coefficient (Wildman–Crippen LogP) is 6.11. The molecule has 0 spiro atoms. The number of thiazole rings is 1. The van der Waals surface area contributed by atoms with Crippen LogP contribution in [0.4, 0.5) is 4.39 Å². The molecule has 0 saturated heterocycles. The number of nitrogens with zero attached hydrogens (tertiary/aromatic N) is 3. The van der Waals surface area contributed by atoms with Gasteiger partial charge in [-0.25, -0.2) is 18.9 Å². The quantitative estimate of drug-likeness (QED) is 0.202. The summed E-state index contributed by atoms with van der Waals surface area (Å²) < 4.78 is 38.1. The lowest BCUT2D eigenvalue weighted by atomic mass is 9.95. The zero-order valence-corrected chi connectivity index (χ0v) is 23.0. The zero-order chi connectivity index (χ0) is 27.5. The lowest BCUT2D eigenvalue weighted by molar-refractivity contribution is 0.0691. The summed E-state index contributed by atoms with van der Waals surface area (Å²) in [5.74, 6) is -0.669. The Hall–Kier alpha value is -2.96. The fourth-order valence-corrected chi connectivity index (χ4v) is 6.73. The fourth-order valence-electron chi connectivity index (χ4n) is 4.82. The van der Waals surface area contributed by atoms with Gasteiger partial charge in [0.1, 0.15) is 10.8 Å². The van der Waals surface area contributed by atoms with E-state index < -0.39 is 16.4 Å². The van der Waals surface area contributed by atoms with Crippen LogP contribution in [0.1, 0.15) is 64.5 Å². The van der Waals surface area contributed by atoms with Crippen LogP contribution in [-0.4, -0.2) is 30.4 Å². The molecule has 4 N–H and O–H groups in total. The van der Waals surface area contributed by atoms with Crippen LogP contribution in [0.25, 0.3) is 16.4 Å². The minimum absolute atomic E-state index is 0.0429. The first-order valence-electron chi connectivity index (χ1n) is 12.5. The minimum atomic E-state index is -3.73. The molecule has 8 nitrogen and oxygen atoms in total. The van der Waals surface area contributed by atoms with Crippen molar-refractivity contribution in [3.8, 4) is 16.4 Å². The maximum absolute atomic E-state index is 14.7. The maximum atomic E-state index is 14.7. The molecule has 0 aliphatic heterocycles. The van der Waals surface area contributed by atoms with Crippen LogP contribution in [0.2, 0.25) is 5.02 Å². The van der Waals surface area contributed by atoms with Gasteiger partial charge in [0.2, 0.25) is 10.0 Å². The van der Waals surface area contributed by atoms with Crippen LogP contribution >= 0.6 is 22.9 Å². The first-order valence-corrected chi connectivity index (χ1v) is 15.3. The van der Waals surface area contributed by atoms with E-state index >= 15 is 0 Å². The number of carboxylic acids is 1. The Morgan fingerprint density at radius 3 is 2.59 bits per heavy atom. The van der Waals surface area contributed by atoms with Gasteiger partial charge >= 0.3 is 16.4 Å². The average Bonchev–Trinajstić information content (AvgIpc) is 3.79. The van der Waals surface area contributed by atoms with E-state index in [4.69, 9.17) is 21.8 Å². The Morgan fingerprint density at radius 1 is 1.21 bits per heavy atom. The van der Waals surface area contributed by atoms with Crippen molar-refractivity contribution in [1.29, 1.82) is 0 Å². The van der Waals surface area contributed by atoms with Crippen molar-refractivity contribution in [2.45, 2.75) is 49.3 Å². The first kappa shape index (κ1) is 26.3. The number of hydrogen-bond donors (Lipinski definition) is 3. The molecule has 2 aliphatic carbocycles. The summed E-state index contributed by atoms with van der Waals surface area (Å²) in [5, 5.41) is 21.8. The van der Waals surface area contributed by atoms with Crippen molar-refractivity contribution >= 4 is 39.3 Å². The lowest BCUT2D eigenvalue weighted by Gasteiger charge is -2.10. The molecule has 1 unspecified atom stereocenters. The molecule has 2 aliphatic rings. The third kappa shape index (κ3) is 5.42. The van der Waals surface area contributed by atoms with Crippen LogP contribution in [-0.2, 0) is 27.5 Å². The fraction of sp³-hybridized carbons (Fsp3) is 0.296. The molecular weight excluding hydrogens is 563 g/mol. The molecule has 2 saturated carbocycles. The molecule has 2 aromatic heterocycles. The van der Waals surface area contributed by atoms with Crippen molar-refractivity contribution in [2.24, 2.45) is 11.1 Å². The summed E-state index contributed by atoms with van der Waals surface area (Å²) in [4.78, 5) is 15.8. The van der Waals surface area contributed by atoms with E-state index in [0.717, 1.165) is 54.5 Å². The molecule has 202 valence electrons. The molecular formula is C27H25ClFN4O4S2+. The summed E-state index contributed by atoms with van der Waals surface area (Å²) in [6.07, 6.45) is 5.18. The topological polar surface area (TPSA) is 131 Å². The van der Waals surface area contributed by atoms with Crippen molar-refractivity contribution in [1.82, 2.24) is 14.8 Å². The average molecular weight is 588 g/mol. The third-order valence-electron chi connectivity index (χ3n) is 7.14. The monoisotopic (exact) mass is 587 g/mol. The highest BCUT2D eigenvalue weighted by Crippen LogP contribution is 2.44. The number of carbonyl (C=O) groups is 1. The number of hydrogen-bond acceptors (Lipinski definition) is 5. The molecule has 4 aromatic rings. The molecule has 0 radical (unpaired) electrons. The number of carboxylic acid groups (broad SMARTS) is 1. The van der Waals surface area contributed by atoms with Gasteiger partial charge in [0.25, 0.3) is 0 Å². The van der Waals surface area contributed by atoms with Gasteiger partial charge in [0.05, 0.1) is 11.4 Å². The molecule has 6 rings (SSSR count). The number of halogens is 2. The predicted molar refractivity (Wildman–Crippen MR) is 147 cm³/mol. The molecule has 1 atom stereocenters. The van der Waals surface area contributed by atoms with Gasteiger partial charge in [-0.05, 0) is 89.6 Å². The van der Waals surface area contributed by atoms with Crippen LogP contribution in [0.5, 0.6) is 0 Å². The Labute approximate surface area is 234 Å². The van der Waals surface area contributed by atoms with Gasteiger partial charge < -0.3 is 5.11 Å². The third-order valence-corrected chi connectivity index (χ3v) is 9.37. The second-order valence-corrected chi connectivity index (χ2v) is 13.0. The first-order chi connectivity index (χ1) is 18.6. The number of nitrogens with two attached hydrogens (primary N) is 1. The number of benzene rings is 2. The molecule has 0 bridgehead atoms. The summed E-state index contributed by atoms with van der Waals surface area (Å²) in [6.45, 7) is 0. The standard InChI is InChI=1S/C27H24ClFN4O4S2/c28-20-10-15(3-8-24(20)39(30,36)37)9-19-23(11-14-1-2-14)33(27-31-22(13-38-27)26(34)35)32-25(19)17-6-7-21(29)18(12-17)16-4-5-16/h3,6-8,10,12-14,16H,1-2,4-5,9,11H2,(H3-,30,34,35,36,37)/p+1. The summed E-state index contributed by atoms with van der Waals surface area (Å²) in [6, 6.07) is 9.83. The number of aromatic carboxylic acids is 1. The minimum Gasteiger partial charge on any atom is -0.476 e. The SMILES string of the molecule is N[S+](=O)(O)c1ccc(Cc2c(-c3ccc(F)c(C4CC4)c3)nn(-c3nc(C(=O)O)cs3)c2CC2CC2)cc1Cl. The lowest BCUT2D eigenvalue weighted by Crippen LogP contribution is -2.21. The van der Waals surface area contributed by atoms with Crippen molar-refractivity contribution in [3.05, 3.63) is 80.7 Å². The van der Waals surface area contributed by atoms with Crippen molar-refractivity contribution in [2.75, 3.05) is 0 Å². The van der Waals surface area contributed by atoms with Gasteiger partial charge in [-0.2, -0.15) is 9.65 Å². The van der Waals surface area contributed by atoms with Crippen LogP contribution in [0, 0.1) is 11.7 Å². The van der Waals surface area contributed by atoms with Crippen molar-refractivity contribution in [3.63, 3.8) is 0 Å². The van der Waals surface area contributed by atoms with E-state index in [1.54, 1.807) is 22.9 Å². The molecule has 0 amide bonds. The van der Waals surface area contributed by atoms with Crippen LogP contribution in [0.15, 0.2) is 46.7 Å². The largest absolute Gasteiger partial charge is 0.476 e. The van der Waals surface area contributed by atoms with Gasteiger partial charge in [0, 0.05) is 22.9 Å². The van der Waals surface area contributed by atoms with Crippen LogP contribution in [0.3, 0.4) is 0 Å². The van der Waals surface area contributed by atoms with Gasteiger partial charge in [-0.15, -0.1) is 16.5 Å².